The van der Waals surface area contributed by atoms with E-state index in [0.717, 1.165) is 18.7 Å². The highest BCUT2D eigenvalue weighted by Gasteiger charge is 2.17. The largest absolute Gasteiger partial charge is 0.397 e. The van der Waals surface area contributed by atoms with Gasteiger partial charge in [-0.1, -0.05) is 26.2 Å². The van der Waals surface area contributed by atoms with Crippen LogP contribution >= 0.6 is 0 Å². The molecule has 0 aliphatic carbocycles. The minimum Gasteiger partial charge on any atom is -0.397 e. The van der Waals surface area contributed by atoms with Crippen LogP contribution in [0.3, 0.4) is 0 Å². The normalized spacial score (nSPS) is 11.8. The lowest BCUT2D eigenvalue weighted by atomic mass is 10.2. The van der Waals surface area contributed by atoms with Crippen LogP contribution in [0, 0.1) is 0 Å². The van der Waals surface area contributed by atoms with Crippen molar-refractivity contribution in [1.29, 1.82) is 0 Å². The molecule has 1 rings (SSSR count). The summed E-state index contributed by atoms with van der Waals surface area (Å²) in [6.45, 7) is 3.03. The molecule has 0 amide bonds. The van der Waals surface area contributed by atoms with Gasteiger partial charge in [0.25, 0.3) is 0 Å². The molecule has 114 valence electrons. The summed E-state index contributed by atoms with van der Waals surface area (Å²) >= 11 is 0. The molecule has 6 heteroatoms. The SMILES string of the molecule is CCCCCCNc1ccc(S(=O)(=O)N(C)C)cc1N. The molecular formula is C14H25N3O2S. The van der Waals surface area contributed by atoms with E-state index in [4.69, 9.17) is 5.73 Å². The number of rotatable bonds is 8. The van der Waals surface area contributed by atoms with Crippen LogP contribution in [0.5, 0.6) is 0 Å². The highest BCUT2D eigenvalue weighted by Crippen LogP contribution is 2.24. The number of benzene rings is 1. The number of hydrogen-bond acceptors (Lipinski definition) is 4. The standard InChI is InChI=1S/C14H25N3O2S/c1-4-5-6-7-10-16-14-9-8-12(11-13(14)15)20(18,19)17(2)3/h8-9,11,16H,4-7,10,15H2,1-3H3. The summed E-state index contributed by atoms with van der Waals surface area (Å²) in [6, 6.07) is 4.81. The first kappa shape index (κ1) is 16.8. The molecule has 0 aliphatic rings. The number of unbranched alkanes of at least 4 members (excludes halogenated alkanes) is 3. The van der Waals surface area contributed by atoms with Crippen molar-refractivity contribution in [3.05, 3.63) is 18.2 Å². The zero-order valence-electron chi connectivity index (χ0n) is 12.5. The van der Waals surface area contributed by atoms with E-state index in [0.29, 0.717) is 5.69 Å². The molecule has 20 heavy (non-hydrogen) atoms. The molecule has 0 radical (unpaired) electrons. The Bertz CT molecular complexity index is 527. The predicted octanol–water partition coefficient (Wildman–Crippen LogP) is 2.51. The first-order chi connectivity index (χ1) is 9.39. The smallest absolute Gasteiger partial charge is 0.242 e. The van der Waals surface area contributed by atoms with Crippen molar-refractivity contribution in [3.8, 4) is 0 Å². The van der Waals surface area contributed by atoms with Gasteiger partial charge in [-0.2, -0.15) is 0 Å². The van der Waals surface area contributed by atoms with Gasteiger partial charge >= 0.3 is 0 Å². The highest BCUT2D eigenvalue weighted by molar-refractivity contribution is 7.89. The minimum absolute atomic E-state index is 0.219. The number of nitrogens with two attached hydrogens (primary N) is 1. The Morgan fingerprint density at radius 2 is 1.90 bits per heavy atom. The van der Waals surface area contributed by atoms with Crippen molar-refractivity contribution in [2.75, 3.05) is 31.7 Å². The fourth-order valence-corrected chi connectivity index (χ4v) is 2.79. The molecule has 0 atom stereocenters. The lowest BCUT2D eigenvalue weighted by molar-refractivity contribution is 0.521. The Morgan fingerprint density at radius 1 is 1.20 bits per heavy atom. The van der Waals surface area contributed by atoms with Gasteiger partial charge in [-0.05, 0) is 24.6 Å². The molecule has 0 bridgehead atoms. The van der Waals surface area contributed by atoms with E-state index in [9.17, 15) is 8.42 Å². The quantitative estimate of drug-likeness (QED) is 0.571. The lowest BCUT2D eigenvalue weighted by Crippen LogP contribution is -2.22. The van der Waals surface area contributed by atoms with Crippen molar-refractivity contribution < 1.29 is 8.42 Å². The summed E-state index contributed by atoms with van der Waals surface area (Å²) in [5.74, 6) is 0. The summed E-state index contributed by atoms with van der Waals surface area (Å²) in [7, 11) is -0.412. The molecule has 3 N–H and O–H groups in total. The van der Waals surface area contributed by atoms with E-state index in [-0.39, 0.29) is 4.90 Å². The molecule has 1 aromatic rings. The maximum Gasteiger partial charge on any atom is 0.242 e. The Labute approximate surface area is 122 Å². The van der Waals surface area contributed by atoms with Gasteiger partial charge in [-0.15, -0.1) is 0 Å². The topological polar surface area (TPSA) is 75.4 Å². The number of nitrogens with zero attached hydrogens (tertiary/aromatic N) is 1. The predicted molar refractivity (Wildman–Crippen MR) is 84.4 cm³/mol. The van der Waals surface area contributed by atoms with Gasteiger partial charge in [-0.3, -0.25) is 0 Å². The van der Waals surface area contributed by atoms with Crippen molar-refractivity contribution in [3.63, 3.8) is 0 Å². The highest BCUT2D eigenvalue weighted by atomic mass is 32.2. The number of nitrogen functional groups attached to an aromatic ring is 1. The zero-order valence-corrected chi connectivity index (χ0v) is 13.3. The van der Waals surface area contributed by atoms with E-state index in [1.807, 2.05) is 0 Å². The molecule has 0 unspecified atom stereocenters. The fourth-order valence-electron chi connectivity index (χ4n) is 1.85. The Morgan fingerprint density at radius 3 is 2.45 bits per heavy atom. The second-order valence-electron chi connectivity index (χ2n) is 5.02. The molecule has 0 saturated carbocycles. The molecule has 0 aromatic heterocycles. The molecule has 1 aromatic carbocycles. The first-order valence-electron chi connectivity index (χ1n) is 6.95. The summed E-state index contributed by atoms with van der Waals surface area (Å²) in [6.07, 6.45) is 4.72. The third-order valence-corrected chi connectivity index (χ3v) is 4.96. The average Bonchev–Trinajstić information content (AvgIpc) is 2.39. The number of nitrogens with one attached hydrogen (secondary N) is 1. The minimum atomic E-state index is -3.42. The monoisotopic (exact) mass is 299 g/mol. The van der Waals surface area contributed by atoms with Crippen molar-refractivity contribution in [2.45, 2.75) is 37.5 Å². The van der Waals surface area contributed by atoms with Crippen molar-refractivity contribution >= 4 is 21.4 Å². The van der Waals surface area contributed by atoms with Gasteiger partial charge in [-0.25, -0.2) is 12.7 Å². The summed E-state index contributed by atoms with van der Waals surface area (Å²) < 4.78 is 25.1. The van der Waals surface area contributed by atoms with E-state index < -0.39 is 10.0 Å². The Kier molecular flexibility index (Phi) is 6.29. The van der Waals surface area contributed by atoms with E-state index in [1.54, 1.807) is 12.1 Å². The maximum absolute atomic E-state index is 12.0. The van der Waals surface area contributed by atoms with Crippen LogP contribution in [0.15, 0.2) is 23.1 Å². The summed E-state index contributed by atoms with van der Waals surface area (Å²) in [5.41, 5.74) is 7.17. The van der Waals surface area contributed by atoms with Gasteiger partial charge < -0.3 is 11.1 Å². The number of anilines is 2. The molecular weight excluding hydrogens is 274 g/mol. The third-order valence-electron chi connectivity index (χ3n) is 3.15. The zero-order chi connectivity index (χ0) is 15.2. The van der Waals surface area contributed by atoms with E-state index in [1.165, 1.54) is 43.7 Å². The molecule has 0 spiro atoms. The molecule has 0 heterocycles. The van der Waals surface area contributed by atoms with Gasteiger partial charge in [0.05, 0.1) is 16.3 Å². The van der Waals surface area contributed by atoms with Crippen LogP contribution in [0.25, 0.3) is 0 Å². The summed E-state index contributed by atoms with van der Waals surface area (Å²) in [4.78, 5) is 0.219. The van der Waals surface area contributed by atoms with Gasteiger partial charge in [0, 0.05) is 20.6 Å². The average molecular weight is 299 g/mol. The van der Waals surface area contributed by atoms with Crippen LogP contribution in [0.1, 0.15) is 32.6 Å². The van der Waals surface area contributed by atoms with E-state index in [2.05, 4.69) is 12.2 Å². The second kappa shape index (κ2) is 7.50. The number of sulfonamides is 1. The van der Waals surface area contributed by atoms with Crippen LogP contribution in [-0.4, -0.2) is 33.4 Å². The van der Waals surface area contributed by atoms with Crippen LogP contribution < -0.4 is 11.1 Å². The van der Waals surface area contributed by atoms with Gasteiger partial charge in [0.1, 0.15) is 0 Å². The van der Waals surface area contributed by atoms with Crippen molar-refractivity contribution in [2.24, 2.45) is 0 Å². The van der Waals surface area contributed by atoms with Gasteiger partial charge in [0.2, 0.25) is 10.0 Å². The Balaban J connectivity index is 2.69. The molecule has 0 saturated heterocycles. The summed E-state index contributed by atoms with van der Waals surface area (Å²) in [5, 5.41) is 3.25. The van der Waals surface area contributed by atoms with Crippen LogP contribution in [0.2, 0.25) is 0 Å². The molecule has 0 aliphatic heterocycles. The third kappa shape index (κ3) is 4.38. The second-order valence-corrected chi connectivity index (χ2v) is 7.18. The van der Waals surface area contributed by atoms with Gasteiger partial charge in [0.15, 0.2) is 0 Å². The van der Waals surface area contributed by atoms with E-state index >= 15 is 0 Å². The number of hydrogen-bond donors (Lipinski definition) is 2. The van der Waals surface area contributed by atoms with Crippen molar-refractivity contribution in [1.82, 2.24) is 4.31 Å². The first-order valence-corrected chi connectivity index (χ1v) is 8.39. The maximum atomic E-state index is 12.0. The van der Waals surface area contributed by atoms with Crippen LogP contribution in [-0.2, 0) is 10.0 Å². The lowest BCUT2D eigenvalue weighted by Gasteiger charge is -2.14. The van der Waals surface area contributed by atoms with Crippen LogP contribution in [0.4, 0.5) is 11.4 Å². The fraction of sp³-hybridized carbons (Fsp3) is 0.571. The molecule has 0 fully saturated rings. The Hall–Kier alpha value is -1.27. The molecule has 5 nitrogen and oxygen atoms in total.